The molecule has 0 spiro atoms. The Morgan fingerprint density at radius 3 is 2.57 bits per heavy atom. The fraction of sp³-hybridized carbons (Fsp3) is 0.292. The van der Waals surface area contributed by atoms with Crippen molar-refractivity contribution in [3.8, 4) is 5.75 Å². The summed E-state index contributed by atoms with van der Waals surface area (Å²) >= 11 is 11.8. The average Bonchev–Trinajstić information content (AvgIpc) is 3.26. The number of fused-ring (bicyclic) bond motifs is 1. The second kappa shape index (κ2) is 10.9. The number of carbonyl (C=O) groups is 3. The molecule has 1 atom stereocenters. The van der Waals surface area contributed by atoms with Crippen LogP contribution < -0.4 is 9.64 Å². The van der Waals surface area contributed by atoms with Gasteiger partial charge in [0.15, 0.2) is 0 Å². The molecule has 2 aliphatic heterocycles. The molecular formula is C24H23ClN2O6S2. The van der Waals surface area contributed by atoms with E-state index in [0.717, 1.165) is 23.1 Å². The maximum atomic E-state index is 13.5. The van der Waals surface area contributed by atoms with E-state index in [9.17, 15) is 14.4 Å². The summed E-state index contributed by atoms with van der Waals surface area (Å²) in [5, 5.41) is 9.42. The molecule has 2 aromatic rings. The van der Waals surface area contributed by atoms with Crippen LogP contribution in [-0.4, -0.2) is 59.3 Å². The number of aliphatic carboxylic acids is 1. The van der Waals surface area contributed by atoms with Gasteiger partial charge >= 0.3 is 5.97 Å². The molecule has 0 aromatic heterocycles. The molecule has 0 bridgehead atoms. The molecule has 0 radical (unpaired) electrons. The van der Waals surface area contributed by atoms with E-state index in [1.807, 2.05) is 24.3 Å². The molecule has 1 unspecified atom stereocenters. The van der Waals surface area contributed by atoms with Crippen LogP contribution in [0.5, 0.6) is 5.75 Å². The van der Waals surface area contributed by atoms with Crippen LogP contribution in [0, 0.1) is 0 Å². The van der Waals surface area contributed by atoms with E-state index in [-0.39, 0.29) is 42.5 Å². The number of amides is 2. The highest BCUT2D eigenvalue weighted by molar-refractivity contribution is 8.14. The minimum atomic E-state index is -1.01. The van der Waals surface area contributed by atoms with E-state index >= 15 is 0 Å². The fourth-order valence-electron chi connectivity index (χ4n) is 3.86. The lowest BCUT2D eigenvalue weighted by Crippen LogP contribution is -2.32. The van der Waals surface area contributed by atoms with Crippen LogP contribution in [0.3, 0.4) is 0 Å². The molecule has 2 aliphatic rings. The second-order valence-corrected chi connectivity index (χ2v) is 10.2. The van der Waals surface area contributed by atoms with Crippen LogP contribution in [0.2, 0.25) is 5.02 Å². The fourth-order valence-corrected chi connectivity index (χ4v) is 5.64. The van der Waals surface area contributed by atoms with Gasteiger partial charge in [-0.3, -0.25) is 14.4 Å². The molecule has 8 nitrogen and oxygen atoms in total. The van der Waals surface area contributed by atoms with Crippen LogP contribution in [0.1, 0.15) is 17.5 Å². The van der Waals surface area contributed by atoms with Gasteiger partial charge in [0.05, 0.1) is 42.9 Å². The molecule has 1 fully saturated rings. The van der Waals surface area contributed by atoms with Gasteiger partial charge < -0.3 is 24.4 Å². The summed E-state index contributed by atoms with van der Waals surface area (Å²) in [6.07, 6.45) is -0.208. The zero-order chi connectivity index (χ0) is 25.1. The van der Waals surface area contributed by atoms with Crippen molar-refractivity contribution in [1.29, 1.82) is 0 Å². The number of thioether (sulfide) groups is 1. The molecule has 1 saturated heterocycles. The first-order chi connectivity index (χ1) is 16.8. The van der Waals surface area contributed by atoms with Gasteiger partial charge in [-0.15, -0.1) is 12.6 Å². The summed E-state index contributed by atoms with van der Waals surface area (Å²) in [6, 6.07) is 12.6. The average molecular weight is 535 g/mol. The predicted molar refractivity (Wildman–Crippen MR) is 138 cm³/mol. The lowest BCUT2D eigenvalue weighted by molar-refractivity contribution is -0.137. The normalized spacial score (nSPS) is 19.5. The molecule has 11 heteroatoms. The third-order valence-corrected chi connectivity index (χ3v) is 7.51. The molecule has 2 amide bonds. The van der Waals surface area contributed by atoms with E-state index in [1.54, 1.807) is 30.2 Å². The second-order valence-electron chi connectivity index (χ2n) is 7.81. The standard InChI is InChI=1S/C24H23ClN2O6S2/c1-32-16-5-2-14(3-6-16)13-33-11-10-26-18-7-4-15(25)12-17(18)20(22(26)30)21-23(31)27(24(34)35-21)9-8-19(28)29/h2-7,12,24,34H,8-11,13H2,1H3,(H,28,29)/b21-20-. The van der Waals surface area contributed by atoms with Crippen LogP contribution in [-0.2, 0) is 25.7 Å². The van der Waals surface area contributed by atoms with Crippen molar-refractivity contribution < 1.29 is 29.0 Å². The van der Waals surface area contributed by atoms with Crippen LogP contribution >= 0.6 is 36.0 Å². The molecule has 184 valence electrons. The first kappa shape index (κ1) is 25.4. The number of thiol groups is 1. The minimum absolute atomic E-state index is 0.00558. The number of halogens is 1. The molecule has 1 N–H and O–H groups in total. The van der Waals surface area contributed by atoms with Crippen molar-refractivity contribution >= 4 is 65.0 Å². The number of ether oxygens (including phenoxy) is 2. The first-order valence-electron chi connectivity index (χ1n) is 10.7. The summed E-state index contributed by atoms with van der Waals surface area (Å²) in [5.74, 6) is -0.995. The lowest BCUT2D eigenvalue weighted by Gasteiger charge is -2.18. The molecule has 0 aliphatic carbocycles. The third kappa shape index (κ3) is 5.45. The summed E-state index contributed by atoms with van der Waals surface area (Å²) in [7, 11) is 1.61. The SMILES string of the molecule is COc1ccc(COCCN2C(=O)/C(=C3\SC(S)N(CCC(=O)O)C3=O)c3cc(Cl)ccc32)cc1. The van der Waals surface area contributed by atoms with Crippen molar-refractivity contribution in [1.82, 2.24) is 4.90 Å². The largest absolute Gasteiger partial charge is 0.497 e. The molecule has 4 rings (SSSR count). The van der Waals surface area contributed by atoms with E-state index < -0.39 is 16.6 Å². The maximum Gasteiger partial charge on any atom is 0.305 e. The molecule has 2 aromatic carbocycles. The van der Waals surface area contributed by atoms with Gasteiger partial charge in [0.1, 0.15) is 10.5 Å². The Morgan fingerprint density at radius 1 is 1.14 bits per heavy atom. The zero-order valence-electron chi connectivity index (χ0n) is 18.8. The van der Waals surface area contributed by atoms with Gasteiger partial charge in [-0.25, -0.2) is 0 Å². The number of anilines is 1. The van der Waals surface area contributed by atoms with Crippen molar-refractivity contribution in [3.63, 3.8) is 0 Å². The molecule has 2 heterocycles. The van der Waals surface area contributed by atoms with Crippen molar-refractivity contribution in [2.75, 3.05) is 31.7 Å². The number of hydrogen-bond acceptors (Lipinski definition) is 7. The van der Waals surface area contributed by atoms with Gasteiger partial charge in [0.25, 0.3) is 11.8 Å². The van der Waals surface area contributed by atoms with Crippen LogP contribution in [0.25, 0.3) is 5.57 Å². The smallest absolute Gasteiger partial charge is 0.305 e. The number of methoxy groups -OCH3 is 1. The van der Waals surface area contributed by atoms with E-state index in [0.29, 0.717) is 22.9 Å². The van der Waals surface area contributed by atoms with Crippen molar-refractivity contribution in [3.05, 3.63) is 63.5 Å². The third-order valence-electron chi connectivity index (χ3n) is 5.60. The number of carboxylic acids is 1. The number of benzene rings is 2. The summed E-state index contributed by atoms with van der Waals surface area (Å²) in [6.45, 7) is 0.947. The molecule has 35 heavy (non-hydrogen) atoms. The van der Waals surface area contributed by atoms with Crippen molar-refractivity contribution in [2.24, 2.45) is 0 Å². The Bertz CT molecular complexity index is 1190. The summed E-state index contributed by atoms with van der Waals surface area (Å²) in [5.41, 5.74) is 2.43. The lowest BCUT2D eigenvalue weighted by atomic mass is 10.1. The highest BCUT2D eigenvalue weighted by Gasteiger charge is 2.42. The Balaban J connectivity index is 1.51. The molecular weight excluding hydrogens is 512 g/mol. The topological polar surface area (TPSA) is 96.4 Å². The maximum absolute atomic E-state index is 13.5. The Morgan fingerprint density at radius 2 is 1.89 bits per heavy atom. The number of carboxylic acid groups (broad SMARTS) is 1. The predicted octanol–water partition coefficient (Wildman–Crippen LogP) is 3.89. The number of carbonyl (C=O) groups excluding carboxylic acids is 2. The van der Waals surface area contributed by atoms with Crippen LogP contribution in [0.4, 0.5) is 5.69 Å². The van der Waals surface area contributed by atoms with E-state index in [4.69, 9.17) is 26.2 Å². The van der Waals surface area contributed by atoms with E-state index in [1.165, 1.54) is 4.90 Å². The first-order valence-corrected chi connectivity index (χ1v) is 12.5. The van der Waals surface area contributed by atoms with Gasteiger partial charge in [-0.1, -0.05) is 35.5 Å². The quantitative estimate of drug-likeness (QED) is 0.286. The summed E-state index contributed by atoms with van der Waals surface area (Å²) in [4.78, 5) is 40.7. The Labute approximate surface area is 217 Å². The highest BCUT2D eigenvalue weighted by atomic mass is 35.5. The zero-order valence-corrected chi connectivity index (χ0v) is 21.2. The minimum Gasteiger partial charge on any atom is -0.497 e. The monoisotopic (exact) mass is 534 g/mol. The molecule has 0 saturated carbocycles. The van der Waals surface area contributed by atoms with Gasteiger partial charge in [-0.2, -0.15) is 0 Å². The number of hydrogen-bond donors (Lipinski definition) is 2. The number of rotatable bonds is 9. The van der Waals surface area contributed by atoms with Gasteiger partial charge in [0, 0.05) is 23.7 Å². The Hall–Kier alpha value is -2.66. The highest BCUT2D eigenvalue weighted by Crippen LogP contribution is 2.47. The van der Waals surface area contributed by atoms with Crippen LogP contribution in [0.15, 0.2) is 47.4 Å². The Kier molecular flexibility index (Phi) is 7.95. The summed E-state index contributed by atoms with van der Waals surface area (Å²) < 4.78 is 10.4. The number of nitrogens with zero attached hydrogens (tertiary/aromatic N) is 2. The van der Waals surface area contributed by atoms with Gasteiger partial charge in [-0.05, 0) is 35.9 Å². The van der Waals surface area contributed by atoms with E-state index in [2.05, 4.69) is 12.6 Å². The van der Waals surface area contributed by atoms with Gasteiger partial charge in [0.2, 0.25) is 0 Å². The van der Waals surface area contributed by atoms with Crippen molar-refractivity contribution in [2.45, 2.75) is 17.7 Å².